The molecule has 0 radical (unpaired) electrons. The number of hydrazine groups is 1. The SMILES string of the molecule is NNc1nc(NCCn2ccnc2)c(Cl)cc1Cl. The van der Waals surface area contributed by atoms with Gasteiger partial charge in [-0.2, -0.15) is 0 Å². The Hall–Kier alpha value is -1.50. The Kier molecular flexibility index (Phi) is 4.24. The molecule has 2 aromatic rings. The molecule has 0 bridgehead atoms. The summed E-state index contributed by atoms with van der Waals surface area (Å²) in [6.45, 7) is 1.42. The average Bonchev–Trinajstić information content (AvgIpc) is 2.85. The maximum Gasteiger partial charge on any atom is 0.161 e. The second-order valence-electron chi connectivity index (χ2n) is 3.52. The highest BCUT2D eigenvalue weighted by molar-refractivity contribution is 6.37. The van der Waals surface area contributed by atoms with E-state index in [1.807, 2.05) is 10.8 Å². The molecule has 0 atom stereocenters. The maximum atomic E-state index is 6.02. The van der Waals surface area contributed by atoms with Crippen molar-refractivity contribution in [3.05, 3.63) is 34.8 Å². The molecule has 18 heavy (non-hydrogen) atoms. The van der Waals surface area contributed by atoms with E-state index in [4.69, 9.17) is 29.0 Å². The van der Waals surface area contributed by atoms with Crippen LogP contribution in [0.1, 0.15) is 0 Å². The first kappa shape index (κ1) is 12.9. The van der Waals surface area contributed by atoms with Crippen LogP contribution in [0.3, 0.4) is 0 Å². The highest BCUT2D eigenvalue weighted by Gasteiger charge is 2.07. The number of aromatic nitrogens is 3. The molecule has 2 heterocycles. The Labute approximate surface area is 114 Å². The Morgan fingerprint density at radius 1 is 1.28 bits per heavy atom. The molecule has 0 amide bonds. The summed E-state index contributed by atoms with van der Waals surface area (Å²) in [5, 5.41) is 3.93. The molecule has 2 aromatic heterocycles. The van der Waals surface area contributed by atoms with E-state index in [9.17, 15) is 0 Å². The quantitative estimate of drug-likeness (QED) is 0.578. The summed E-state index contributed by atoms with van der Waals surface area (Å²) in [5.74, 6) is 6.21. The number of nitrogens with one attached hydrogen (secondary N) is 2. The first-order valence-corrected chi connectivity index (χ1v) is 5.98. The van der Waals surface area contributed by atoms with Gasteiger partial charge in [0.1, 0.15) is 5.82 Å². The van der Waals surface area contributed by atoms with Gasteiger partial charge in [-0.15, -0.1) is 0 Å². The average molecular weight is 287 g/mol. The minimum absolute atomic E-state index is 0.377. The van der Waals surface area contributed by atoms with Crippen molar-refractivity contribution in [1.82, 2.24) is 14.5 Å². The Balaban J connectivity index is 2.00. The van der Waals surface area contributed by atoms with Gasteiger partial charge in [-0.1, -0.05) is 23.2 Å². The molecule has 0 aliphatic carbocycles. The van der Waals surface area contributed by atoms with Crippen molar-refractivity contribution in [3.8, 4) is 0 Å². The molecule has 2 rings (SSSR count). The fraction of sp³-hybridized carbons (Fsp3) is 0.200. The third kappa shape index (κ3) is 3.04. The van der Waals surface area contributed by atoms with Gasteiger partial charge in [0.25, 0.3) is 0 Å². The minimum Gasteiger partial charge on any atom is -0.367 e. The zero-order valence-electron chi connectivity index (χ0n) is 9.40. The third-order valence-electron chi connectivity index (χ3n) is 2.29. The number of nitrogen functional groups attached to an aromatic ring is 1. The van der Waals surface area contributed by atoms with Crippen LogP contribution < -0.4 is 16.6 Å². The molecule has 0 saturated carbocycles. The Morgan fingerprint density at radius 3 is 2.72 bits per heavy atom. The molecule has 96 valence electrons. The van der Waals surface area contributed by atoms with Crippen LogP contribution in [0.25, 0.3) is 0 Å². The topological polar surface area (TPSA) is 80.8 Å². The van der Waals surface area contributed by atoms with Gasteiger partial charge >= 0.3 is 0 Å². The first-order chi connectivity index (χ1) is 8.70. The van der Waals surface area contributed by atoms with Crippen LogP contribution in [0, 0.1) is 0 Å². The van der Waals surface area contributed by atoms with Gasteiger partial charge in [0, 0.05) is 25.5 Å². The number of rotatable bonds is 5. The van der Waals surface area contributed by atoms with Crippen molar-refractivity contribution in [2.45, 2.75) is 6.54 Å². The van der Waals surface area contributed by atoms with Gasteiger partial charge in [0.05, 0.1) is 16.4 Å². The largest absolute Gasteiger partial charge is 0.367 e. The van der Waals surface area contributed by atoms with E-state index in [2.05, 4.69) is 20.7 Å². The molecule has 0 saturated heterocycles. The molecule has 0 aromatic carbocycles. The van der Waals surface area contributed by atoms with Crippen molar-refractivity contribution >= 4 is 34.8 Å². The lowest BCUT2D eigenvalue weighted by Gasteiger charge is -2.10. The van der Waals surface area contributed by atoms with E-state index >= 15 is 0 Å². The molecule has 0 unspecified atom stereocenters. The summed E-state index contributed by atoms with van der Waals surface area (Å²) in [4.78, 5) is 8.13. The lowest BCUT2D eigenvalue weighted by Crippen LogP contribution is -2.13. The van der Waals surface area contributed by atoms with E-state index in [0.29, 0.717) is 28.2 Å². The third-order valence-corrected chi connectivity index (χ3v) is 2.86. The number of pyridine rings is 1. The first-order valence-electron chi connectivity index (χ1n) is 5.23. The number of halogens is 2. The Bertz CT molecular complexity index is 513. The molecular formula is C10H12Cl2N6. The van der Waals surface area contributed by atoms with E-state index < -0.39 is 0 Å². The van der Waals surface area contributed by atoms with E-state index in [-0.39, 0.29) is 0 Å². The van der Waals surface area contributed by atoms with Crippen LogP contribution in [-0.2, 0) is 6.54 Å². The molecular weight excluding hydrogens is 275 g/mol. The second kappa shape index (κ2) is 5.90. The van der Waals surface area contributed by atoms with Crippen molar-refractivity contribution in [3.63, 3.8) is 0 Å². The van der Waals surface area contributed by atoms with E-state index in [0.717, 1.165) is 6.54 Å². The maximum absolute atomic E-state index is 6.02. The predicted octanol–water partition coefficient (Wildman–Crippen LogP) is 1.98. The van der Waals surface area contributed by atoms with Crippen molar-refractivity contribution in [2.24, 2.45) is 5.84 Å². The number of hydrogen-bond acceptors (Lipinski definition) is 5. The van der Waals surface area contributed by atoms with Crippen molar-refractivity contribution in [2.75, 3.05) is 17.3 Å². The highest BCUT2D eigenvalue weighted by Crippen LogP contribution is 2.28. The number of hydrogen-bond donors (Lipinski definition) is 3. The molecule has 8 heteroatoms. The molecule has 0 aliphatic rings. The summed E-state index contributed by atoms with van der Waals surface area (Å²) in [5.41, 5.74) is 2.41. The smallest absolute Gasteiger partial charge is 0.161 e. The highest BCUT2D eigenvalue weighted by atomic mass is 35.5. The molecule has 4 N–H and O–H groups in total. The summed E-state index contributed by atoms with van der Waals surface area (Å²) in [6.07, 6.45) is 5.35. The van der Waals surface area contributed by atoms with Gasteiger partial charge in [-0.05, 0) is 6.07 Å². The number of anilines is 2. The van der Waals surface area contributed by atoms with Crippen molar-refractivity contribution < 1.29 is 0 Å². The van der Waals surface area contributed by atoms with E-state index in [1.165, 1.54) is 0 Å². The molecule has 0 spiro atoms. The summed E-state index contributed by atoms with van der Waals surface area (Å²) >= 11 is 11.9. The molecule has 0 fully saturated rings. The minimum atomic E-state index is 0.377. The van der Waals surface area contributed by atoms with Crippen LogP contribution in [0.15, 0.2) is 24.8 Å². The van der Waals surface area contributed by atoms with Gasteiger partial charge in [-0.25, -0.2) is 15.8 Å². The molecule has 6 nitrogen and oxygen atoms in total. The number of imidazole rings is 1. The van der Waals surface area contributed by atoms with Crippen molar-refractivity contribution in [1.29, 1.82) is 0 Å². The normalized spacial score (nSPS) is 10.4. The van der Waals surface area contributed by atoms with Gasteiger partial charge in [-0.3, -0.25) is 0 Å². The lowest BCUT2D eigenvalue weighted by atomic mass is 10.4. The standard InChI is InChI=1S/C10H12Cl2N6/c11-7-5-8(12)10(17-13)16-9(7)15-2-4-18-3-1-14-6-18/h1,3,5-6H,2,4,13H2,(H2,15,16,17). The van der Waals surface area contributed by atoms with Gasteiger partial charge < -0.3 is 15.3 Å². The lowest BCUT2D eigenvalue weighted by molar-refractivity contribution is 0.725. The zero-order valence-corrected chi connectivity index (χ0v) is 10.9. The summed E-state index contributed by atoms with van der Waals surface area (Å²) in [7, 11) is 0. The Morgan fingerprint density at radius 2 is 2.06 bits per heavy atom. The fourth-order valence-corrected chi connectivity index (χ4v) is 1.89. The monoisotopic (exact) mass is 286 g/mol. The number of nitrogens with zero attached hydrogens (tertiary/aromatic N) is 3. The fourth-order valence-electron chi connectivity index (χ4n) is 1.41. The number of nitrogens with two attached hydrogens (primary N) is 1. The van der Waals surface area contributed by atoms with Crippen LogP contribution in [0.4, 0.5) is 11.6 Å². The van der Waals surface area contributed by atoms with Gasteiger partial charge in [0.2, 0.25) is 0 Å². The summed E-state index contributed by atoms with van der Waals surface area (Å²) in [6, 6.07) is 1.59. The second-order valence-corrected chi connectivity index (χ2v) is 4.34. The van der Waals surface area contributed by atoms with Crippen LogP contribution in [-0.4, -0.2) is 21.1 Å². The van der Waals surface area contributed by atoms with E-state index in [1.54, 1.807) is 18.6 Å². The van der Waals surface area contributed by atoms with Crippen LogP contribution in [0.2, 0.25) is 10.0 Å². The summed E-state index contributed by atoms with van der Waals surface area (Å²) < 4.78 is 1.94. The van der Waals surface area contributed by atoms with Gasteiger partial charge in [0.15, 0.2) is 5.82 Å². The zero-order chi connectivity index (χ0) is 13.0. The van der Waals surface area contributed by atoms with Crippen LogP contribution >= 0.6 is 23.2 Å². The molecule has 0 aliphatic heterocycles. The predicted molar refractivity (Wildman–Crippen MR) is 72.8 cm³/mol. The van der Waals surface area contributed by atoms with Crippen LogP contribution in [0.5, 0.6) is 0 Å².